The second-order valence-corrected chi connectivity index (χ2v) is 3.71. The van der Waals surface area contributed by atoms with Gasteiger partial charge in [-0.2, -0.15) is 5.26 Å². The molecule has 1 aromatic heterocycles. The van der Waals surface area contributed by atoms with Crippen LogP contribution in [0, 0.1) is 11.3 Å². The van der Waals surface area contributed by atoms with Gasteiger partial charge in [0.15, 0.2) is 0 Å². The number of nitriles is 1. The third-order valence-corrected chi connectivity index (χ3v) is 2.47. The van der Waals surface area contributed by atoms with E-state index >= 15 is 0 Å². The molecule has 0 bridgehead atoms. The molecule has 0 unspecified atom stereocenters. The van der Waals surface area contributed by atoms with Crippen molar-refractivity contribution in [1.29, 1.82) is 5.26 Å². The third kappa shape index (κ3) is 2.30. The summed E-state index contributed by atoms with van der Waals surface area (Å²) in [5.41, 5.74) is 8.49. The van der Waals surface area contributed by atoms with Gasteiger partial charge in [0.05, 0.1) is 11.6 Å². The van der Waals surface area contributed by atoms with Gasteiger partial charge in [-0.1, -0.05) is 12.1 Å². The largest absolute Gasteiger partial charge is 0.350 e. The first-order valence-corrected chi connectivity index (χ1v) is 5.15. The summed E-state index contributed by atoms with van der Waals surface area (Å²) in [5.74, 6) is 0. The molecule has 2 aromatic rings. The maximum atomic E-state index is 8.80. The Labute approximate surface area is 94.7 Å². The molecular weight excluding hydrogens is 198 g/mol. The summed E-state index contributed by atoms with van der Waals surface area (Å²) >= 11 is 0. The van der Waals surface area contributed by atoms with Gasteiger partial charge >= 0.3 is 0 Å². The van der Waals surface area contributed by atoms with Crippen molar-refractivity contribution >= 4 is 0 Å². The van der Waals surface area contributed by atoms with E-state index in [1.807, 2.05) is 42.7 Å². The van der Waals surface area contributed by atoms with Gasteiger partial charge in [-0.25, -0.2) is 0 Å². The molecule has 0 amide bonds. The lowest BCUT2D eigenvalue weighted by Gasteiger charge is -2.03. The number of hydrogen-bond donors (Lipinski definition) is 1. The van der Waals surface area contributed by atoms with Gasteiger partial charge in [-0.05, 0) is 29.3 Å². The zero-order valence-corrected chi connectivity index (χ0v) is 8.93. The molecule has 3 nitrogen and oxygen atoms in total. The van der Waals surface area contributed by atoms with Crippen LogP contribution in [0.15, 0.2) is 42.7 Å². The highest BCUT2D eigenvalue weighted by molar-refractivity contribution is 5.33. The number of hydrogen-bond acceptors (Lipinski definition) is 2. The van der Waals surface area contributed by atoms with Crippen LogP contribution in [0.2, 0.25) is 0 Å². The first-order chi connectivity index (χ1) is 7.81. The Morgan fingerprint density at radius 1 is 1.25 bits per heavy atom. The zero-order valence-electron chi connectivity index (χ0n) is 8.93. The molecule has 0 aliphatic rings. The van der Waals surface area contributed by atoms with Crippen molar-refractivity contribution < 1.29 is 0 Å². The summed E-state index contributed by atoms with van der Waals surface area (Å²) < 4.78 is 2.07. The number of aromatic nitrogens is 1. The van der Waals surface area contributed by atoms with Crippen LogP contribution in [0.1, 0.15) is 16.7 Å². The van der Waals surface area contributed by atoms with Crippen LogP contribution < -0.4 is 5.73 Å². The standard InChI is InChI=1S/C13H13N3/c14-7-11-2-1-3-12(6-11)9-16-5-4-13(8-15)10-16/h1-6,10H,8-9,15H2. The minimum Gasteiger partial charge on any atom is -0.350 e. The third-order valence-electron chi connectivity index (χ3n) is 2.47. The smallest absolute Gasteiger partial charge is 0.0991 e. The molecule has 16 heavy (non-hydrogen) atoms. The molecule has 3 heteroatoms. The maximum absolute atomic E-state index is 8.80. The fourth-order valence-corrected chi connectivity index (χ4v) is 1.66. The Morgan fingerprint density at radius 2 is 2.12 bits per heavy atom. The normalized spacial score (nSPS) is 10.0. The number of nitrogens with zero attached hydrogens (tertiary/aromatic N) is 2. The summed E-state index contributed by atoms with van der Waals surface area (Å²) in [4.78, 5) is 0. The van der Waals surface area contributed by atoms with Crippen molar-refractivity contribution in [3.8, 4) is 6.07 Å². The van der Waals surface area contributed by atoms with Crippen molar-refractivity contribution in [2.75, 3.05) is 0 Å². The summed E-state index contributed by atoms with van der Waals surface area (Å²) in [5, 5.41) is 8.80. The van der Waals surface area contributed by atoms with Crippen molar-refractivity contribution in [3.05, 3.63) is 59.4 Å². The zero-order chi connectivity index (χ0) is 11.4. The number of rotatable bonds is 3. The molecule has 0 saturated carbocycles. The Hall–Kier alpha value is -2.05. The van der Waals surface area contributed by atoms with E-state index in [0.29, 0.717) is 12.1 Å². The van der Waals surface area contributed by atoms with E-state index in [9.17, 15) is 0 Å². The van der Waals surface area contributed by atoms with E-state index < -0.39 is 0 Å². The van der Waals surface area contributed by atoms with Gasteiger partial charge in [0, 0.05) is 25.5 Å². The SMILES string of the molecule is N#Cc1cccc(Cn2ccc(CN)c2)c1. The van der Waals surface area contributed by atoms with Gasteiger partial charge < -0.3 is 10.3 Å². The van der Waals surface area contributed by atoms with Crippen LogP contribution in [0.4, 0.5) is 0 Å². The molecule has 0 saturated heterocycles. The number of nitrogens with two attached hydrogens (primary N) is 1. The van der Waals surface area contributed by atoms with Gasteiger partial charge in [-0.15, -0.1) is 0 Å². The molecule has 0 aliphatic heterocycles. The Morgan fingerprint density at radius 3 is 2.81 bits per heavy atom. The van der Waals surface area contributed by atoms with Crippen LogP contribution in [0.25, 0.3) is 0 Å². The van der Waals surface area contributed by atoms with E-state index in [4.69, 9.17) is 11.0 Å². The molecule has 0 aliphatic carbocycles. The molecule has 0 spiro atoms. The molecule has 2 N–H and O–H groups in total. The van der Waals surface area contributed by atoms with Crippen LogP contribution >= 0.6 is 0 Å². The Bertz CT molecular complexity index is 520. The van der Waals surface area contributed by atoms with Gasteiger partial charge in [0.25, 0.3) is 0 Å². The van der Waals surface area contributed by atoms with Crippen molar-refractivity contribution in [2.45, 2.75) is 13.1 Å². The highest BCUT2D eigenvalue weighted by Crippen LogP contribution is 2.08. The summed E-state index contributed by atoms with van der Waals surface area (Å²) in [6.07, 6.45) is 4.03. The summed E-state index contributed by atoms with van der Waals surface area (Å²) in [7, 11) is 0. The van der Waals surface area contributed by atoms with E-state index in [1.54, 1.807) is 0 Å². The summed E-state index contributed by atoms with van der Waals surface area (Å²) in [6.45, 7) is 1.33. The van der Waals surface area contributed by atoms with Gasteiger partial charge in [-0.3, -0.25) is 0 Å². The Balaban J connectivity index is 2.17. The lowest BCUT2D eigenvalue weighted by molar-refractivity contribution is 0.801. The molecule has 0 radical (unpaired) electrons. The second kappa shape index (κ2) is 4.65. The van der Waals surface area contributed by atoms with Gasteiger partial charge in [0.1, 0.15) is 0 Å². The molecule has 80 valence electrons. The topological polar surface area (TPSA) is 54.7 Å². The van der Waals surface area contributed by atoms with Crippen molar-refractivity contribution in [1.82, 2.24) is 4.57 Å². The van der Waals surface area contributed by atoms with Gasteiger partial charge in [0.2, 0.25) is 0 Å². The molecular formula is C13H13N3. The maximum Gasteiger partial charge on any atom is 0.0991 e. The van der Waals surface area contributed by atoms with Crippen molar-refractivity contribution in [2.24, 2.45) is 5.73 Å². The number of benzene rings is 1. The van der Waals surface area contributed by atoms with E-state index in [2.05, 4.69) is 10.6 Å². The minimum atomic E-state index is 0.561. The fraction of sp³-hybridized carbons (Fsp3) is 0.154. The highest BCUT2D eigenvalue weighted by Gasteiger charge is 1.98. The summed E-state index contributed by atoms with van der Waals surface area (Å²) in [6, 6.07) is 11.8. The lowest BCUT2D eigenvalue weighted by Crippen LogP contribution is -1.98. The molecule has 2 rings (SSSR count). The first-order valence-electron chi connectivity index (χ1n) is 5.15. The predicted octanol–water partition coefficient (Wildman–Crippen LogP) is 1.87. The molecule has 1 aromatic carbocycles. The highest BCUT2D eigenvalue weighted by atomic mass is 14.9. The fourth-order valence-electron chi connectivity index (χ4n) is 1.66. The van der Waals surface area contributed by atoms with Crippen LogP contribution in [-0.2, 0) is 13.1 Å². The predicted molar refractivity (Wildman–Crippen MR) is 62.6 cm³/mol. The van der Waals surface area contributed by atoms with E-state index in [0.717, 1.165) is 17.7 Å². The average Bonchev–Trinajstić information content (AvgIpc) is 2.77. The molecule has 0 fully saturated rings. The van der Waals surface area contributed by atoms with Crippen LogP contribution in [-0.4, -0.2) is 4.57 Å². The van der Waals surface area contributed by atoms with Crippen molar-refractivity contribution in [3.63, 3.8) is 0 Å². The van der Waals surface area contributed by atoms with Crippen LogP contribution in [0.3, 0.4) is 0 Å². The second-order valence-electron chi connectivity index (χ2n) is 3.71. The minimum absolute atomic E-state index is 0.561. The van der Waals surface area contributed by atoms with Crippen LogP contribution in [0.5, 0.6) is 0 Å². The first kappa shape index (κ1) is 10.5. The quantitative estimate of drug-likeness (QED) is 0.842. The lowest BCUT2D eigenvalue weighted by atomic mass is 10.1. The van der Waals surface area contributed by atoms with E-state index in [-0.39, 0.29) is 0 Å². The molecule has 1 heterocycles. The molecule has 0 atom stereocenters. The monoisotopic (exact) mass is 211 g/mol. The average molecular weight is 211 g/mol. The Kier molecular flexibility index (Phi) is 3.04. The van der Waals surface area contributed by atoms with E-state index in [1.165, 1.54) is 0 Å².